The first kappa shape index (κ1) is 26.6. The number of fused-ring (bicyclic) bond motifs is 4. The van der Waals surface area contributed by atoms with Gasteiger partial charge in [-0.1, -0.05) is 48.0 Å². The number of hydrogen-bond acceptors (Lipinski definition) is 8. The molecule has 8 nitrogen and oxygen atoms in total. The summed E-state index contributed by atoms with van der Waals surface area (Å²) in [6.07, 6.45) is 4.86. The molecule has 2 aliphatic heterocycles. The highest BCUT2D eigenvalue weighted by atomic mass is 35.5. The van der Waals surface area contributed by atoms with Gasteiger partial charge in [0.1, 0.15) is 22.8 Å². The third-order valence-corrected chi connectivity index (χ3v) is 8.42. The van der Waals surface area contributed by atoms with Gasteiger partial charge in [0, 0.05) is 53.8 Å². The number of aromatic hydroxyl groups is 1. The van der Waals surface area contributed by atoms with Gasteiger partial charge in [0.15, 0.2) is 12.1 Å². The fourth-order valence-corrected chi connectivity index (χ4v) is 6.38. The Bertz CT molecular complexity index is 1830. The van der Waals surface area contributed by atoms with Crippen LogP contribution in [-0.4, -0.2) is 58.1 Å². The molecule has 4 heterocycles. The van der Waals surface area contributed by atoms with Crippen molar-refractivity contribution in [2.45, 2.75) is 31.3 Å². The molecule has 7 rings (SSSR count). The van der Waals surface area contributed by atoms with Crippen LogP contribution >= 0.6 is 11.6 Å². The lowest BCUT2D eigenvalue weighted by Gasteiger charge is -2.34. The molecule has 0 aliphatic carbocycles. The number of rotatable bonds is 7. The Balaban J connectivity index is 1.30. The average molecular weight is 584 g/mol. The summed E-state index contributed by atoms with van der Waals surface area (Å²) < 4.78 is 22.5. The van der Waals surface area contributed by atoms with Crippen LogP contribution in [0.25, 0.3) is 32.9 Å². The van der Waals surface area contributed by atoms with Crippen LogP contribution in [0.4, 0.5) is 10.2 Å². The molecule has 2 atom stereocenters. The Kier molecular flexibility index (Phi) is 6.84. The van der Waals surface area contributed by atoms with Crippen molar-refractivity contribution in [2.75, 3.05) is 24.6 Å². The number of anilines is 1. The van der Waals surface area contributed by atoms with E-state index in [1.54, 1.807) is 24.4 Å². The summed E-state index contributed by atoms with van der Waals surface area (Å²) in [7, 11) is 0. The van der Waals surface area contributed by atoms with E-state index in [1.807, 2.05) is 30.3 Å². The van der Waals surface area contributed by atoms with Crippen LogP contribution in [-0.2, 0) is 6.42 Å². The van der Waals surface area contributed by atoms with Gasteiger partial charge in [-0.25, -0.2) is 4.39 Å². The molecule has 42 heavy (non-hydrogen) atoms. The molecule has 2 N–H and O–H groups in total. The number of ether oxygens (including phenoxy) is 1. The lowest BCUT2D eigenvalue weighted by atomic mass is 10.0. The SMILES string of the molecule is O=Cc1cc(CCOc2nc(N3C[C@H]4CC[C@@H](C3)N4)c3cnc(-c4cccc5cccc(Cl)c45)c(F)c3n2)ccc1O. The third kappa shape index (κ3) is 4.78. The molecule has 5 aromatic rings. The maximum atomic E-state index is 16.5. The van der Waals surface area contributed by atoms with Crippen LogP contribution < -0.4 is 15.0 Å². The van der Waals surface area contributed by atoms with Crippen molar-refractivity contribution >= 4 is 45.4 Å². The standard InChI is InChI=1S/C32H27ClFN5O3/c33-25-6-2-4-19-3-1-5-23(27(19)25)29-28(34)30-24(14-35-29)31(39-15-21-8-9-22(16-39)36-21)38-32(37-30)42-12-11-18-7-10-26(41)20(13-18)17-40/h1-7,10,13-14,17,21-22,36,41H,8-9,11-12,15-16H2/t21-,22+. The lowest BCUT2D eigenvalue weighted by molar-refractivity contribution is 0.112. The van der Waals surface area contributed by atoms with Gasteiger partial charge in [0.2, 0.25) is 0 Å². The highest BCUT2D eigenvalue weighted by molar-refractivity contribution is 6.36. The van der Waals surface area contributed by atoms with Crippen LogP contribution in [0.2, 0.25) is 5.02 Å². The number of aromatic nitrogens is 3. The smallest absolute Gasteiger partial charge is 0.319 e. The number of benzene rings is 3. The summed E-state index contributed by atoms with van der Waals surface area (Å²) in [5.41, 5.74) is 1.88. The van der Waals surface area contributed by atoms with E-state index in [9.17, 15) is 9.90 Å². The van der Waals surface area contributed by atoms with Gasteiger partial charge < -0.3 is 20.1 Å². The summed E-state index contributed by atoms with van der Waals surface area (Å²) in [6.45, 7) is 1.68. The van der Waals surface area contributed by atoms with E-state index in [-0.39, 0.29) is 35.1 Å². The Labute approximate surface area is 246 Å². The van der Waals surface area contributed by atoms with E-state index < -0.39 is 5.82 Å². The largest absolute Gasteiger partial charge is 0.507 e. The number of carbonyl (C=O) groups excluding carboxylic acids is 1. The number of carbonyl (C=O) groups is 1. The molecule has 0 amide bonds. The monoisotopic (exact) mass is 583 g/mol. The third-order valence-electron chi connectivity index (χ3n) is 8.11. The first-order chi connectivity index (χ1) is 20.5. The predicted octanol–water partition coefficient (Wildman–Crippen LogP) is 5.72. The van der Waals surface area contributed by atoms with Gasteiger partial charge in [-0.2, -0.15) is 9.97 Å². The van der Waals surface area contributed by atoms with E-state index in [1.165, 1.54) is 6.07 Å². The predicted molar refractivity (Wildman–Crippen MR) is 160 cm³/mol. The van der Waals surface area contributed by atoms with Gasteiger partial charge in [-0.3, -0.25) is 9.78 Å². The van der Waals surface area contributed by atoms with Crippen molar-refractivity contribution < 1.29 is 19.0 Å². The van der Waals surface area contributed by atoms with Crippen molar-refractivity contribution in [1.82, 2.24) is 20.3 Å². The van der Waals surface area contributed by atoms with Crippen LogP contribution in [0.15, 0.2) is 60.8 Å². The second-order valence-electron chi connectivity index (χ2n) is 10.8. The molecule has 0 spiro atoms. The number of piperazine rings is 1. The molecule has 212 valence electrons. The zero-order chi connectivity index (χ0) is 28.8. The molecule has 2 aliphatic rings. The fourth-order valence-electron chi connectivity index (χ4n) is 6.09. The first-order valence-electron chi connectivity index (χ1n) is 13.9. The van der Waals surface area contributed by atoms with Crippen LogP contribution in [0.3, 0.4) is 0 Å². The highest BCUT2D eigenvalue weighted by Gasteiger charge is 2.34. The van der Waals surface area contributed by atoms with E-state index in [4.69, 9.17) is 21.3 Å². The number of phenolic OH excluding ortho intramolecular Hbond substituents is 1. The van der Waals surface area contributed by atoms with Gasteiger partial charge in [-0.15, -0.1) is 0 Å². The molecule has 2 saturated heterocycles. The van der Waals surface area contributed by atoms with Gasteiger partial charge in [0.05, 0.1) is 17.6 Å². The molecule has 2 fully saturated rings. The zero-order valence-electron chi connectivity index (χ0n) is 22.6. The molecular formula is C32H27ClFN5O3. The first-order valence-corrected chi connectivity index (χ1v) is 14.3. The van der Waals surface area contributed by atoms with Crippen LogP contribution in [0, 0.1) is 5.82 Å². The minimum Gasteiger partial charge on any atom is -0.507 e. The van der Waals surface area contributed by atoms with Gasteiger partial charge in [0.25, 0.3) is 0 Å². The zero-order valence-corrected chi connectivity index (χ0v) is 23.3. The number of pyridine rings is 1. The van der Waals surface area contributed by atoms with Gasteiger partial charge in [-0.05, 0) is 42.0 Å². The van der Waals surface area contributed by atoms with Crippen molar-refractivity contribution in [1.29, 1.82) is 0 Å². The Morgan fingerprint density at radius 3 is 2.67 bits per heavy atom. The Morgan fingerprint density at radius 1 is 1.10 bits per heavy atom. The number of phenols is 1. The number of nitrogens with zero attached hydrogens (tertiary/aromatic N) is 4. The van der Waals surface area contributed by atoms with Gasteiger partial charge >= 0.3 is 6.01 Å². The second-order valence-corrected chi connectivity index (χ2v) is 11.2. The van der Waals surface area contributed by atoms with Crippen LogP contribution in [0.5, 0.6) is 11.8 Å². The molecule has 2 bridgehead atoms. The summed E-state index contributed by atoms with van der Waals surface area (Å²) in [6, 6.07) is 16.7. The second kappa shape index (κ2) is 10.8. The molecule has 0 radical (unpaired) electrons. The van der Waals surface area contributed by atoms with Crippen molar-refractivity contribution in [3.05, 3.63) is 82.8 Å². The van der Waals surface area contributed by atoms with E-state index in [0.717, 1.165) is 42.3 Å². The van der Waals surface area contributed by atoms with Crippen molar-refractivity contribution in [3.63, 3.8) is 0 Å². The molecule has 0 unspecified atom stereocenters. The minimum atomic E-state index is -0.569. The maximum absolute atomic E-state index is 16.5. The van der Waals surface area contributed by atoms with E-state index >= 15 is 4.39 Å². The molecular weight excluding hydrogens is 557 g/mol. The molecule has 10 heteroatoms. The molecule has 3 aromatic carbocycles. The normalized spacial score (nSPS) is 18.1. The summed E-state index contributed by atoms with van der Waals surface area (Å²) >= 11 is 6.56. The average Bonchev–Trinajstić information content (AvgIpc) is 3.35. The summed E-state index contributed by atoms with van der Waals surface area (Å²) in [5, 5.41) is 16.1. The Morgan fingerprint density at radius 2 is 1.88 bits per heavy atom. The molecule has 0 saturated carbocycles. The summed E-state index contributed by atoms with van der Waals surface area (Å²) in [5.74, 6) is -0.0506. The highest BCUT2D eigenvalue weighted by Crippen LogP contribution is 2.38. The number of aldehydes is 1. The lowest BCUT2D eigenvalue weighted by Crippen LogP contribution is -2.51. The molecule has 2 aromatic heterocycles. The maximum Gasteiger partial charge on any atom is 0.319 e. The van der Waals surface area contributed by atoms with Crippen molar-refractivity contribution in [3.8, 4) is 23.0 Å². The Hall–Kier alpha value is -4.34. The van der Waals surface area contributed by atoms with E-state index in [2.05, 4.69) is 20.2 Å². The minimum absolute atomic E-state index is 0.0600. The topological polar surface area (TPSA) is 100 Å². The quantitative estimate of drug-likeness (QED) is 0.235. The number of hydrogen-bond donors (Lipinski definition) is 2. The fraction of sp³-hybridized carbons (Fsp3) is 0.250. The van der Waals surface area contributed by atoms with E-state index in [0.29, 0.717) is 46.6 Å². The van der Waals surface area contributed by atoms with Crippen LogP contribution in [0.1, 0.15) is 28.8 Å². The summed E-state index contributed by atoms with van der Waals surface area (Å²) in [4.78, 5) is 27.3. The van der Waals surface area contributed by atoms with Crippen molar-refractivity contribution in [2.24, 2.45) is 0 Å². The number of halogens is 2. The number of nitrogens with one attached hydrogen (secondary N) is 1.